The molecular formula is C42H33NO. The van der Waals surface area contributed by atoms with Crippen LogP contribution >= 0.6 is 0 Å². The summed E-state index contributed by atoms with van der Waals surface area (Å²) in [6.07, 6.45) is 2.18. The van der Waals surface area contributed by atoms with Crippen LogP contribution in [0.1, 0.15) is 36.1 Å². The molecule has 2 aliphatic rings. The largest absolute Gasteiger partial charge is 0.496 e. The minimum atomic E-state index is -0.375. The number of rotatable bonds is 5. The lowest BCUT2D eigenvalue weighted by Crippen LogP contribution is -2.26. The normalized spacial score (nSPS) is 13.7. The third-order valence-corrected chi connectivity index (χ3v) is 9.54. The molecule has 0 unspecified atom stereocenters. The molecule has 6 aromatic carbocycles. The molecule has 1 spiro atoms. The highest BCUT2D eigenvalue weighted by Crippen LogP contribution is 2.63. The number of methoxy groups -OCH3 is 1. The molecule has 2 nitrogen and oxygen atoms in total. The van der Waals surface area contributed by atoms with Gasteiger partial charge < -0.3 is 9.64 Å². The Hall–Kier alpha value is -5.34. The van der Waals surface area contributed by atoms with Gasteiger partial charge in [0.2, 0.25) is 0 Å². The zero-order valence-corrected chi connectivity index (χ0v) is 25.2. The highest BCUT2D eigenvalue weighted by atomic mass is 16.5. The van der Waals surface area contributed by atoms with Gasteiger partial charge in [-0.05, 0) is 94.3 Å². The lowest BCUT2D eigenvalue weighted by molar-refractivity contribution is 0.416. The fourth-order valence-electron chi connectivity index (χ4n) is 7.59. The van der Waals surface area contributed by atoms with Crippen LogP contribution in [0.3, 0.4) is 0 Å². The fraction of sp³-hybridized carbons (Fsp3) is 0.0952. The van der Waals surface area contributed by atoms with Crippen molar-refractivity contribution in [2.45, 2.75) is 19.3 Å². The van der Waals surface area contributed by atoms with Crippen LogP contribution in [0, 0.1) is 0 Å². The van der Waals surface area contributed by atoms with Gasteiger partial charge in [0.25, 0.3) is 0 Å². The Morgan fingerprint density at radius 2 is 1.05 bits per heavy atom. The second kappa shape index (κ2) is 10.1. The van der Waals surface area contributed by atoms with Crippen LogP contribution in [0.2, 0.25) is 0 Å². The van der Waals surface area contributed by atoms with E-state index in [4.69, 9.17) is 4.74 Å². The van der Waals surface area contributed by atoms with Crippen molar-refractivity contribution in [2.75, 3.05) is 12.0 Å². The van der Waals surface area contributed by atoms with Crippen LogP contribution < -0.4 is 9.64 Å². The third-order valence-electron chi connectivity index (χ3n) is 9.54. The smallest absolute Gasteiger partial charge is 0.126 e. The number of benzene rings is 6. The number of hydrogen-bond donors (Lipinski definition) is 0. The first kappa shape index (κ1) is 26.3. The molecule has 0 saturated carbocycles. The zero-order valence-electron chi connectivity index (χ0n) is 25.2. The first-order valence-electron chi connectivity index (χ1n) is 15.3. The van der Waals surface area contributed by atoms with Crippen molar-refractivity contribution in [3.8, 4) is 39.1 Å². The van der Waals surface area contributed by atoms with Gasteiger partial charge in [-0.25, -0.2) is 0 Å². The highest BCUT2D eigenvalue weighted by Gasteiger charge is 2.51. The molecular weight excluding hydrogens is 534 g/mol. The number of ether oxygens (including phenoxy) is 1. The van der Waals surface area contributed by atoms with Crippen molar-refractivity contribution in [1.29, 1.82) is 0 Å². The third kappa shape index (κ3) is 3.61. The standard InChI is InChI=1S/C42H33NO/c1-4-28(2)43(30-23-25-41(44-3)36(26-30)29-14-6-5-7-15-29)31-22-24-35-34-18-10-13-21-39(34)42(40(35)27-31)37-19-11-8-16-32(37)33-17-9-12-20-38(33)42/h4-27H,1-3H3/b28-4+. The van der Waals surface area contributed by atoms with Gasteiger partial charge in [0.15, 0.2) is 0 Å². The van der Waals surface area contributed by atoms with Crippen LogP contribution in [0.5, 0.6) is 5.75 Å². The van der Waals surface area contributed by atoms with Crippen molar-refractivity contribution in [3.05, 3.63) is 174 Å². The van der Waals surface area contributed by atoms with Gasteiger partial charge in [0, 0.05) is 22.6 Å². The molecule has 6 aromatic rings. The van der Waals surface area contributed by atoms with Crippen molar-refractivity contribution < 1.29 is 4.74 Å². The van der Waals surface area contributed by atoms with Crippen molar-refractivity contribution in [1.82, 2.24) is 0 Å². The summed E-state index contributed by atoms with van der Waals surface area (Å²) in [6.45, 7) is 4.29. The second-order valence-electron chi connectivity index (χ2n) is 11.6. The molecule has 44 heavy (non-hydrogen) atoms. The van der Waals surface area contributed by atoms with Crippen LogP contribution in [-0.4, -0.2) is 7.11 Å². The van der Waals surface area contributed by atoms with E-state index in [1.165, 1.54) is 44.5 Å². The Morgan fingerprint density at radius 3 is 1.61 bits per heavy atom. The summed E-state index contributed by atoms with van der Waals surface area (Å²) < 4.78 is 5.82. The van der Waals surface area contributed by atoms with E-state index in [1.807, 2.05) is 6.07 Å². The Labute approximate surface area is 259 Å². The summed E-state index contributed by atoms with van der Waals surface area (Å²) in [5.41, 5.74) is 15.9. The van der Waals surface area contributed by atoms with Crippen LogP contribution in [0.15, 0.2) is 151 Å². The van der Waals surface area contributed by atoms with Gasteiger partial charge in [-0.2, -0.15) is 0 Å². The summed E-state index contributed by atoms with van der Waals surface area (Å²) in [5.74, 6) is 0.862. The predicted molar refractivity (Wildman–Crippen MR) is 183 cm³/mol. The first-order valence-corrected chi connectivity index (χ1v) is 15.3. The number of fused-ring (bicyclic) bond motifs is 10. The maximum Gasteiger partial charge on any atom is 0.126 e. The molecule has 0 aliphatic heterocycles. The molecule has 0 saturated heterocycles. The van der Waals surface area contributed by atoms with E-state index in [0.29, 0.717) is 0 Å². The molecule has 212 valence electrons. The molecule has 2 aliphatic carbocycles. The van der Waals surface area contributed by atoms with Crippen molar-refractivity contribution in [2.24, 2.45) is 0 Å². The van der Waals surface area contributed by atoms with Gasteiger partial charge >= 0.3 is 0 Å². The lowest BCUT2D eigenvalue weighted by atomic mass is 9.70. The van der Waals surface area contributed by atoms with Gasteiger partial charge in [-0.1, -0.05) is 115 Å². The fourth-order valence-corrected chi connectivity index (χ4v) is 7.59. The summed E-state index contributed by atoms with van der Waals surface area (Å²) in [7, 11) is 1.74. The maximum absolute atomic E-state index is 5.82. The van der Waals surface area contributed by atoms with Gasteiger partial charge in [-0.15, -0.1) is 0 Å². The molecule has 2 heteroatoms. The van der Waals surface area contributed by atoms with Crippen molar-refractivity contribution >= 4 is 11.4 Å². The van der Waals surface area contributed by atoms with E-state index < -0.39 is 0 Å². The first-order chi connectivity index (χ1) is 21.7. The minimum absolute atomic E-state index is 0.375. The Morgan fingerprint density at radius 1 is 0.545 bits per heavy atom. The van der Waals surface area contributed by atoms with E-state index in [-0.39, 0.29) is 5.41 Å². The molecule has 0 radical (unpaired) electrons. The van der Waals surface area contributed by atoms with Crippen LogP contribution in [0.25, 0.3) is 33.4 Å². The number of allylic oxidation sites excluding steroid dienone is 2. The summed E-state index contributed by atoms with van der Waals surface area (Å²) >= 11 is 0. The van der Waals surface area contributed by atoms with E-state index in [2.05, 4.69) is 158 Å². The van der Waals surface area contributed by atoms with E-state index >= 15 is 0 Å². The van der Waals surface area contributed by atoms with Crippen LogP contribution in [-0.2, 0) is 5.41 Å². The molecule has 0 fully saturated rings. The topological polar surface area (TPSA) is 12.5 Å². The summed E-state index contributed by atoms with van der Waals surface area (Å²) in [4.78, 5) is 2.37. The quantitative estimate of drug-likeness (QED) is 0.205. The van der Waals surface area contributed by atoms with E-state index in [1.54, 1.807) is 7.11 Å². The molecule has 0 amide bonds. The monoisotopic (exact) mass is 567 g/mol. The molecule has 0 heterocycles. The van der Waals surface area contributed by atoms with Crippen molar-refractivity contribution in [3.63, 3.8) is 0 Å². The summed E-state index contributed by atoms with van der Waals surface area (Å²) in [6, 6.07) is 50.9. The Kier molecular flexibility index (Phi) is 6.06. The van der Waals surface area contributed by atoms with Gasteiger partial charge in [0.1, 0.15) is 5.75 Å². The predicted octanol–water partition coefficient (Wildman–Crippen LogP) is 10.8. The molecule has 0 atom stereocenters. The zero-order chi connectivity index (χ0) is 29.8. The van der Waals surface area contributed by atoms with Crippen LogP contribution in [0.4, 0.5) is 11.4 Å². The van der Waals surface area contributed by atoms with Gasteiger partial charge in [-0.3, -0.25) is 0 Å². The molecule has 0 bridgehead atoms. The van der Waals surface area contributed by atoms with Gasteiger partial charge in [0.05, 0.1) is 12.5 Å². The van der Waals surface area contributed by atoms with E-state index in [9.17, 15) is 0 Å². The number of nitrogens with zero attached hydrogens (tertiary/aromatic N) is 1. The number of anilines is 2. The minimum Gasteiger partial charge on any atom is -0.496 e. The Bertz CT molecular complexity index is 2020. The second-order valence-corrected chi connectivity index (χ2v) is 11.6. The summed E-state index contributed by atoms with van der Waals surface area (Å²) in [5, 5.41) is 0. The maximum atomic E-state index is 5.82. The molecule has 0 aromatic heterocycles. The Balaban J connectivity index is 1.39. The average Bonchev–Trinajstić information content (AvgIpc) is 3.56. The number of hydrogen-bond acceptors (Lipinski definition) is 2. The SMILES string of the molecule is C/C=C(\C)N(c1ccc(OC)c(-c2ccccc2)c1)c1ccc2c(c1)C1(c3ccccc3-c3ccccc31)c1ccccc1-2. The molecule has 8 rings (SSSR count). The highest BCUT2D eigenvalue weighted by molar-refractivity contribution is 5.96. The average molecular weight is 568 g/mol. The lowest BCUT2D eigenvalue weighted by Gasteiger charge is -2.32. The van der Waals surface area contributed by atoms with E-state index in [0.717, 1.165) is 33.9 Å². The molecule has 0 N–H and O–H groups in total.